The minimum absolute atomic E-state index is 0.0499. The van der Waals surface area contributed by atoms with Crippen LogP contribution in [0, 0.1) is 0 Å². The lowest BCUT2D eigenvalue weighted by atomic mass is 10.2. The standard InChI is InChI=1S/C13H18N4O3/c1-4-15-13-16-8-5-10(19-2)11(20-3)6-9(8)17(13)7-12(14)18/h5-6H,4,7H2,1-3H3,(H2,14,18)(H,15,16). The van der Waals surface area contributed by atoms with Gasteiger partial charge in [-0.25, -0.2) is 4.98 Å². The molecule has 20 heavy (non-hydrogen) atoms. The van der Waals surface area contributed by atoms with Crippen LogP contribution in [0.1, 0.15) is 6.92 Å². The van der Waals surface area contributed by atoms with Gasteiger partial charge in [0.2, 0.25) is 11.9 Å². The van der Waals surface area contributed by atoms with E-state index in [9.17, 15) is 4.79 Å². The van der Waals surface area contributed by atoms with Gasteiger partial charge in [-0.3, -0.25) is 4.79 Å². The first-order valence-corrected chi connectivity index (χ1v) is 6.25. The third-order valence-corrected chi connectivity index (χ3v) is 2.90. The largest absolute Gasteiger partial charge is 0.493 e. The number of amides is 1. The van der Waals surface area contributed by atoms with Gasteiger partial charge in [0.05, 0.1) is 25.3 Å². The molecule has 0 unspecified atom stereocenters. The Kier molecular flexibility index (Phi) is 3.97. The number of rotatable bonds is 6. The quantitative estimate of drug-likeness (QED) is 0.821. The van der Waals surface area contributed by atoms with E-state index >= 15 is 0 Å². The summed E-state index contributed by atoms with van der Waals surface area (Å²) in [6.45, 7) is 2.69. The Morgan fingerprint density at radius 1 is 1.35 bits per heavy atom. The average molecular weight is 278 g/mol. The fourth-order valence-electron chi connectivity index (χ4n) is 2.06. The maximum Gasteiger partial charge on any atom is 0.237 e. The molecule has 2 rings (SSSR count). The second kappa shape index (κ2) is 5.68. The molecule has 1 aromatic heterocycles. The summed E-state index contributed by atoms with van der Waals surface area (Å²) in [5.41, 5.74) is 6.76. The predicted molar refractivity (Wildman–Crippen MR) is 76.2 cm³/mol. The van der Waals surface area contributed by atoms with Gasteiger partial charge in [0.25, 0.3) is 0 Å². The Balaban J connectivity index is 2.64. The minimum atomic E-state index is -0.432. The number of carbonyl (C=O) groups is 1. The van der Waals surface area contributed by atoms with Gasteiger partial charge in [-0.15, -0.1) is 0 Å². The Bertz CT molecular complexity index is 636. The fourth-order valence-corrected chi connectivity index (χ4v) is 2.06. The van der Waals surface area contributed by atoms with Gasteiger partial charge in [0, 0.05) is 18.7 Å². The number of primary amides is 1. The van der Waals surface area contributed by atoms with Crippen LogP contribution in [0.5, 0.6) is 11.5 Å². The molecule has 7 nitrogen and oxygen atoms in total. The summed E-state index contributed by atoms with van der Waals surface area (Å²) in [6, 6.07) is 3.55. The van der Waals surface area contributed by atoms with E-state index in [1.54, 1.807) is 30.9 Å². The van der Waals surface area contributed by atoms with E-state index < -0.39 is 5.91 Å². The summed E-state index contributed by atoms with van der Waals surface area (Å²) in [4.78, 5) is 15.7. The lowest BCUT2D eigenvalue weighted by Crippen LogP contribution is -2.20. The van der Waals surface area contributed by atoms with Crippen LogP contribution in [-0.2, 0) is 11.3 Å². The van der Waals surface area contributed by atoms with Gasteiger partial charge in [0.15, 0.2) is 11.5 Å². The van der Waals surface area contributed by atoms with E-state index in [4.69, 9.17) is 15.2 Å². The average Bonchev–Trinajstić information content (AvgIpc) is 2.74. The van der Waals surface area contributed by atoms with Crippen molar-refractivity contribution in [3.63, 3.8) is 0 Å². The van der Waals surface area contributed by atoms with Crippen LogP contribution in [0.4, 0.5) is 5.95 Å². The van der Waals surface area contributed by atoms with Crippen LogP contribution in [0.2, 0.25) is 0 Å². The molecule has 0 aliphatic rings. The number of anilines is 1. The molecule has 0 fully saturated rings. The third-order valence-electron chi connectivity index (χ3n) is 2.90. The summed E-state index contributed by atoms with van der Waals surface area (Å²) in [6.07, 6.45) is 0. The van der Waals surface area contributed by atoms with Crippen molar-refractivity contribution in [3.8, 4) is 11.5 Å². The molecule has 0 saturated carbocycles. The number of aromatic nitrogens is 2. The van der Waals surface area contributed by atoms with Crippen molar-refractivity contribution >= 4 is 22.9 Å². The lowest BCUT2D eigenvalue weighted by molar-refractivity contribution is -0.118. The maximum absolute atomic E-state index is 11.2. The fraction of sp³-hybridized carbons (Fsp3) is 0.385. The molecular formula is C13H18N4O3. The van der Waals surface area contributed by atoms with Crippen LogP contribution in [0.3, 0.4) is 0 Å². The molecule has 2 aromatic rings. The van der Waals surface area contributed by atoms with E-state index in [2.05, 4.69) is 10.3 Å². The number of nitrogens with one attached hydrogen (secondary N) is 1. The van der Waals surface area contributed by atoms with Crippen molar-refractivity contribution in [2.45, 2.75) is 13.5 Å². The number of fused-ring (bicyclic) bond motifs is 1. The van der Waals surface area contributed by atoms with E-state index in [0.717, 1.165) is 5.52 Å². The van der Waals surface area contributed by atoms with Crippen LogP contribution in [0.25, 0.3) is 11.0 Å². The zero-order chi connectivity index (χ0) is 14.7. The Morgan fingerprint density at radius 3 is 2.55 bits per heavy atom. The van der Waals surface area contributed by atoms with Crippen molar-refractivity contribution in [2.24, 2.45) is 5.73 Å². The molecule has 3 N–H and O–H groups in total. The maximum atomic E-state index is 11.2. The molecule has 1 heterocycles. The highest BCUT2D eigenvalue weighted by molar-refractivity contribution is 5.85. The number of benzene rings is 1. The second-order valence-corrected chi connectivity index (χ2v) is 4.21. The Labute approximate surface area is 116 Å². The number of nitrogens with two attached hydrogens (primary N) is 1. The SMILES string of the molecule is CCNc1nc2cc(OC)c(OC)cc2n1CC(N)=O. The number of hydrogen-bond donors (Lipinski definition) is 2. The van der Waals surface area contributed by atoms with E-state index in [1.807, 2.05) is 6.92 Å². The smallest absolute Gasteiger partial charge is 0.237 e. The van der Waals surface area contributed by atoms with E-state index in [-0.39, 0.29) is 6.54 Å². The highest BCUT2D eigenvalue weighted by Crippen LogP contribution is 2.33. The highest BCUT2D eigenvalue weighted by atomic mass is 16.5. The predicted octanol–water partition coefficient (Wildman–Crippen LogP) is 0.971. The summed E-state index contributed by atoms with van der Waals surface area (Å²) in [7, 11) is 3.12. The zero-order valence-corrected chi connectivity index (χ0v) is 11.8. The van der Waals surface area contributed by atoms with Gasteiger partial charge in [0.1, 0.15) is 6.54 Å². The van der Waals surface area contributed by atoms with Gasteiger partial charge in [-0.05, 0) is 6.92 Å². The Hall–Kier alpha value is -2.44. The van der Waals surface area contributed by atoms with Gasteiger partial charge in [-0.1, -0.05) is 0 Å². The number of imidazole rings is 1. The monoisotopic (exact) mass is 278 g/mol. The molecule has 1 aromatic carbocycles. The molecule has 0 saturated heterocycles. The van der Waals surface area contributed by atoms with Crippen molar-refractivity contribution in [2.75, 3.05) is 26.1 Å². The van der Waals surface area contributed by atoms with Gasteiger partial charge in [-0.2, -0.15) is 0 Å². The van der Waals surface area contributed by atoms with Crippen molar-refractivity contribution in [1.29, 1.82) is 0 Å². The van der Waals surface area contributed by atoms with Crippen LogP contribution in [-0.4, -0.2) is 36.2 Å². The highest BCUT2D eigenvalue weighted by Gasteiger charge is 2.15. The van der Waals surface area contributed by atoms with E-state index in [0.29, 0.717) is 29.5 Å². The third kappa shape index (κ3) is 2.47. The van der Waals surface area contributed by atoms with Crippen LogP contribution in [0.15, 0.2) is 12.1 Å². The number of carbonyl (C=O) groups excluding carboxylic acids is 1. The summed E-state index contributed by atoms with van der Waals surface area (Å²) >= 11 is 0. The van der Waals surface area contributed by atoms with Crippen molar-refractivity contribution in [1.82, 2.24) is 9.55 Å². The molecule has 108 valence electrons. The summed E-state index contributed by atoms with van der Waals surface area (Å²) in [5.74, 6) is 1.33. The first-order valence-electron chi connectivity index (χ1n) is 6.25. The molecule has 0 aliphatic heterocycles. The number of methoxy groups -OCH3 is 2. The molecule has 0 spiro atoms. The molecule has 7 heteroatoms. The Morgan fingerprint density at radius 2 is 2.00 bits per heavy atom. The van der Waals surface area contributed by atoms with Crippen molar-refractivity contribution < 1.29 is 14.3 Å². The van der Waals surface area contributed by atoms with Crippen molar-refractivity contribution in [3.05, 3.63) is 12.1 Å². The lowest BCUT2D eigenvalue weighted by Gasteiger charge is -2.09. The second-order valence-electron chi connectivity index (χ2n) is 4.21. The topological polar surface area (TPSA) is 91.4 Å². The molecule has 0 bridgehead atoms. The number of nitrogens with zero attached hydrogens (tertiary/aromatic N) is 2. The molecule has 0 radical (unpaired) electrons. The number of ether oxygens (including phenoxy) is 2. The minimum Gasteiger partial charge on any atom is -0.493 e. The van der Waals surface area contributed by atoms with E-state index in [1.165, 1.54) is 0 Å². The normalized spacial score (nSPS) is 10.6. The summed E-state index contributed by atoms with van der Waals surface area (Å²) < 4.78 is 12.2. The van der Waals surface area contributed by atoms with Gasteiger partial charge < -0.3 is 25.1 Å². The first kappa shape index (κ1) is 14.0. The summed E-state index contributed by atoms with van der Waals surface area (Å²) in [5, 5.41) is 3.11. The molecule has 0 atom stereocenters. The molecular weight excluding hydrogens is 260 g/mol. The molecule has 0 aliphatic carbocycles. The first-order chi connectivity index (χ1) is 9.60. The molecule has 1 amide bonds. The van der Waals surface area contributed by atoms with Gasteiger partial charge >= 0.3 is 0 Å². The van der Waals surface area contributed by atoms with Crippen LogP contribution >= 0.6 is 0 Å². The van der Waals surface area contributed by atoms with Crippen LogP contribution < -0.4 is 20.5 Å². The zero-order valence-electron chi connectivity index (χ0n) is 11.8. The number of hydrogen-bond acceptors (Lipinski definition) is 5.